The van der Waals surface area contributed by atoms with Crippen molar-refractivity contribution < 1.29 is 9.84 Å². The van der Waals surface area contributed by atoms with Crippen LogP contribution in [0.2, 0.25) is 0 Å². The van der Waals surface area contributed by atoms with Crippen LogP contribution in [0.15, 0.2) is 53.5 Å². The number of methoxy groups -OCH3 is 1. The molecule has 1 unspecified atom stereocenters. The lowest BCUT2D eigenvalue weighted by Gasteiger charge is -2.30. The smallest absolute Gasteiger partial charge is 0.191 e. The Morgan fingerprint density at radius 2 is 1.77 bits per heavy atom. The topological polar surface area (TPSA) is 69.1 Å². The van der Waals surface area contributed by atoms with Crippen LogP contribution in [0.4, 0.5) is 0 Å². The van der Waals surface area contributed by atoms with E-state index in [2.05, 4.69) is 65.6 Å². The van der Waals surface area contributed by atoms with Gasteiger partial charge in [0.25, 0.3) is 0 Å². The van der Waals surface area contributed by atoms with Crippen molar-refractivity contribution in [3.05, 3.63) is 59.7 Å². The molecule has 3 N–H and O–H groups in total. The Hall–Kier alpha value is -2.00. The maximum Gasteiger partial charge on any atom is 0.191 e. The number of likely N-dealkylation sites (N-methyl/N-ethyl adjacent to an activating group) is 1. The van der Waals surface area contributed by atoms with Crippen molar-refractivity contribution in [1.82, 2.24) is 15.5 Å². The number of nitrogens with zero attached hydrogens (tertiary/aromatic N) is 2. The van der Waals surface area contributed by atoms with Gasteiger partial charge in [0.1, 0.15) is 0 Å². The fourth-order valence-electron chi connectivity index (χ4n) is 3.34. The highest BCUT2D eigenvalue weighted by atomic mass is 127. The van der Waals surface area contributed by atoms with E-state index in [1.807, 2.05) is 12.1 Å². The molecule has 0 saturated carbocycles. The van der Waals surface area contributed by atoms with E-state index in [0.717, 1.165) is 37.7 Å². The molecule has 2 rings (SSSR count). The van der Waals surface area contributed by atoms with Gasteiger partial charge >= 0.3 is 0 Å². The molecule has 0 aliphatic heterocycles. The third-order valence-corrected chi connectivity index (χ3v) is 4.91. The van der Waals surface area contributed by atoms with Crippen molar-refractivity contribution in [3.63, 3.8) is 0 Å². The molecule has 2 aromatic carbocycles. The van der Waals surface area contributed by atoms with Gasteiger partial charge in [-0.25, -0.2) is 4.99 Å². The van der Waals surface area contributed by atoms with Gasteiger partial charge in [-0.15, -0.1) is 24.0 Å². The lowest BCUT2D eigenvalue weighted by atomic mass is 10.1. The number of nitrogens with one attached hydrogen (secondary N) is 2. The van der Waals surface area contributed by atoms with Gasteiger partial charge in [-0.1, -0.05) is 50.2 Å². The number of guanidine groups is 1. The minimum atomic E-state index is 0. The van der Waals surface area contributed by atoms with Crippen molar-refractivity contribution in [2.45, 2.75) is 33.4 Å². The molecule has 7 heteroatoms. The minimum absolute atomic E-state index is 0. The monoisotopic (exact) mass is 526 g/mol. The summed E-state index contributed by atoms with van der Waals surface area (Å²) in [7, 11) is 1.54. The molecule has 30 heavy (non-hydrogen) atoms. The van der Waals surface area contributed by atoms with Crippen molar-refractivity contribution in [2.75, 3.05) is 33.3 Å². The zero-order chi connectivity index (χ0) is 21.1. The first-order valence-electron chi connectivity index (χ1n) is 10.3. The maximum atomic E-state index is 9.97. The number of aromatic hydroxyl groups is 1. The predicted molar refractivity (Wildman–Crippen MR) is 135 cm³/mol. The molecule has 0 spiro atoms. The predicted octanol–water partition coefficient (Wildman–Crippen LogP) is 4.16. The zero-order valence-electron chi connectivity index (χ0n) is 18.4. The fourth-order valence-corrected chi connectivity index (χ4v) is 3.34. The molecule has 0 aliphatic rings. The first-order chi connectivity index (χ1) is 14.1. The van der Waals surface area contributed by atoms with Crippen LogP contribution in [0.25, 0.3) is 0 Å². The van der Waals surface area contributed by atoms with Crippen LogP contribution in [-0.2, 0) is 6.54 Å². The van der Waals surface area contributed by atoms with E-state index >= 15 is 0 Å². The van der Waals surface area contributed by atoms with E-state index in [-0.39, 0.29) is 35.8 Å². The number of phenols is 1. The second-order valence-corrected chi connectivity index (χ2v) is 6.73. The van der Waals surface area contributed by atoms with Crippen LogP contribution in [0.5, 0.6) is 11.5 Å². The van der Waals surface area contributed by atoms with Gasteiger partial charge in [-0.3, -0.25) is 4.90 Å². The van der Waals surface area contributed by atoms with Crippen molar-refractivity contribution >= 4 is 29.9 Å². The summed E-state index contributed by atoms with van der Waals surface area (Å²) in [5, 5.41) is 16.8. The third kappa shape index (κ3) is 7.68. The molecule has 0 fully saturated rings. The molecule has 0 radical (unpaired) electrons. The van der Waals surface area contributed by atoms with Crippen LogP contribution in [0.1, 0.15) is 37.9 Å². The van der Waals surface area contributed by atoms with Crippen molar-refractivity contribution in [3.8, 4) is 11.5 Å². The summed E-state index contributed by atoms with van der Waals surface area (Å²) in [6.45, 7) is 10.4. The Balaban J connectivity index is 0.00000450. The fraction of sp³-hybridized carbons (Fsp3) is 0.435. The molecule has 0 amide bonds. The molecule has 0 bridgehead atoms. The Morgan fingerprint density at radius 3 is 2.33 bits per heavy atom. The van der Waals surface area contributed by atoms with E-state index in [0.29, 0.717) is 12.3 Å². The van der Waals surface area contributed by atoms with Gasteiger partial charge in [0.15, 0.2) is 17.5 Å². The largest absolute Gasteiger partial charge is 0.504 e. The van der Waals surface area contributed by atoms with Gasteiger partial charge in [0.05, 0.1) is 19.7 Å². The van der Waals surface area contributed by atoms with Crippen LogP contribution >= 0.6 is 24.0 Å². The number of aliphatic imine (C=N–C) groups is 1. The summed E-state index contributed by atoms with van der Waals surface area (Å²) < 4.78 is 5.10. The minimum Gasteiger partial charge on any atom is -0.504 e. The molecular formula is C23H35IN4O2. The average Bonchev–Trinajstić information content (AvgIpc) is 2.75. The van der Waals surface area contributed by atoms with E-state index in [9.17, 15) is 5.11 Å². The quantitative estimate of drug-likeness (QED) is 0.247. The second kappa shape index (κ2) is 14.1. The van der Waals surface area contributed by atoms with Crippen LogP contribution in [-0.4, -0.2) is 49.3 Å². The lowest BCUT2D eigenvalue weighted by molar-refractivity contribution is 0.219. The molecule has 2 aromatic rings. The summed E-state index contributed by atoms with van der Waals surface area (Å²) in [6.07, 6.45) is 0. The second-order valence-electron chi connectivity index (χ2n) is 6.73. The number of hydrogen-bond acceptors (Lipinski definition) is 4. The third-order valence-electron chi connectivity index (χ3n) is 4.91. The highest BCUT2D eigenvalue weighted by Gasteiger charge is 2.18. The van der Waals surface area contributed by atoms with E-state index < -0.39 is 0 Å². The Kier molecular flexibility index (Phi) is 12.2. The Bertz CT molecular complexity index is 767. The number of halogens is 1. The molecule has 0 aromatic heterocycles. The SMILES string of the molecule is CCNC(=NCc1ccc(OC)c(O)c1)NCC(c1ccccc1)N(CC)CC.I. The van der Waals surface area contributed by atoms with Gasteiger partial charge < -0.3 is 20.5 Å². The first kappa shape index (κ1) is 26.0. The summed E-state index contributed by atoms with van der Waals surface area (Å²) in [5.74, 6) is 1.35. The normalized spacial score (nSPS) is 12.2. The number of ether oxygens (including phenoxy) is 1. The van der Waals surface area contributed by atoms with Gasteiger partial charge in [-0.2, -0.15) is 0 Å². The molecular weight excluding hydrogens is 491 g/mol. The summed E-state index contributed by atoms with van der Waals surface area (Å²) in [4.78, 5) is 7.12. The summed E-state index contributed by atoms with van der Waals surface area (Å²) in [6, 6.07) is 16.2. The summed E-state index contributed by atoms with van der Waals surface area (Å²) >= 11 is 0. The van der Waals surface area contributed by atoms with Gasteiger partial charge in [0.2, 0.25) is 0 Å². The highest BCUT2D eigenvalue weighted by Crippen LogP contribution is 2.26. The zero-order valence-corrected chi connectivity index (χ0v) is 20.7. The lowest BCUT2D eigenvalue weighted by Crippen LogP contribution is -2.43. The maximum absolute atomic E-state index is 9.97. The van der Waals surface area contributed by atoms with Crippen LogP contribution in [0, 0.1) is 0 Å². The molecule has 0 heterocycles. The Morgan fingerprint density at radius 1 is 1.07 bits per heavy atom. The molecule has 166 valence electrons. The number of phenolic OH excluding ortho intramolecular Hbond substituents is 1. The first-order valence-corrected chi connectivity index (χ1v) is 10.3. The van der Waals surface area contributed by atoms with Gasteiger partial charge in [-0.05, 0) is 43.3 Å². The van der Waals surface area contributed by atoms with Crippen molar-refractivity contribution in [2.24, 2.45) is 4.99 Å². The number of rotatable bonds is 10. The molecule has 0 saturated heterocycles. The highest BCUT2D eigenvalue weighted by molar-refractivity contribution is 14.0. The van der Waals surface area contributed by atoms with Crippen LogP contribution in [0.3, 0.4) is 0 Å². The molecule has 1 atom stereocenters. The van der Waals surface area contributed by atoms with Crippen molar-refractivity contribution in [1.29, 1.82) is 0 Å². The molecule has 0 aliphatic carbocycles. The standard InChI is InChI=1S/C23H34N4O2.HI/c1-5-24-23(25-16-18-13-14-22(29-4)21(28)15-18)26-17-20(27(6-2)7-3)19-11-9-8-10-12-19;/h8-15,20,28H,5-7,16-17H2,1-4H3,(H2,24,25,26);1H. The van der Waals surface area contributed by atoms with Crippen LogP contribution < -0.4 is 15.4 Å². The average molecular weight is 526 g/mol. The number of hydrogen-bond donors (Lipinski definition) is 3. The van der Waals surface area contributed by atoms with E-state index in [4.69, 9.17) is 4.74 Å². The number of benzene rings is 2. The van der Waals surface area contributed by atoms with E-state index in [1.165, 1.54) is 5.56 Å². The van der Waals surface area contributed by atoms with E-state index in [1.54, 1.807) is 19.2 Å². The van der Waals surface area contributed by atoms with Gasteiger partial charge in [0, 0.05) is 13.1 Å². The molecule has 6 nitrogen and oxygen atoms in total. The Labute approximate surface area is 197 Å². The summed E-state index contributed by atoms with van der Waals surface area (Å²) in [5.41, 5.74) is 2.21.